The van der Waals surface area contributed by atoms with Crippen LogP contribution in [0.3, 0.4) is 0 Å². The quantitative estimate of drug-likeness (QED) is 0.875. The van der Waals surface area contributed by atoms with Crippen molar-refractivity contribution in [2.75, 3.05) is 11.9 Å². The van der Waals surface area contributed by atoms with E-state index >= 15 is 0 Å². The van der Waals surface area contributed by atoms with E-state index in [1.165, 1.54) is 0 Å². The van der Waals surface area contributed by atoms with E-state index in [1.807, 2.05) is 26.0 Å². The molecule has 5 heteroatoms. The van der Waals surface area contributed by atoms with Crippen LogP contribution >= 0.6 is 0 Å². The van der Waals surface area contributed by atoms with Gasteiger partial charge in [-0.3, -0.25) is 9.97 Å². The minimum Gasteiger partial charge on any atom is -0.476 e. The molecule has 0 amide bonds. The largest absolute Gasteiger partial charge is 0.476 e. The highest BCUT2D eigenvalue weighted by Gasteiger charge is 2.10. The van der Waals surface area contributed by atoms with Crippen LogP contribution in [0.2, 0.25) is 0 Å². The first-order chi connectivity index (χ1) is 8.81. The number of aromatic nitrogens is 3. The highest BCUT2D eigenvalue weighted by atomic mass is 16.5. The maximum Gasteiger partial charge on any atom is 0.237 e. The summed E-state index contributed by atoms with van der Waals surface area (Å²) in [6.45, 7) is 4.54. The molecule has 2 rings (SSSR count). The molecule has 2 heterocycles. The summed E-state index contributed by atoms with van der Waals surface area (Å²) in [6, 6.07) is 3.85. The number of hydrogen-bond acceptors (Lipinski definition) is 5. The van der Waals surface area contributed by atoms with E-state index in [1.54, 1.807) is 24.8 Å². The Kier molecular flexibility index (Phi) is 4.06. The zero-order valence-corrected chi connectivity index (χ0v) is 10.5. The predicted molar refractivity (Wildman–Crippen MR) is 69.5 cm³/mol. The van der Waals surface area contributed by atoms with E-state index in [9.17, 15) is 0 Å². The first kappa shape index (κ1) is 12.3. The molecule has 0 aliphatic rings. The second-order valence-corrected chi connectivity index (χ2v) is 3.79. The summed E-state index contributed by atoms with van der Waals surface area (Å²) in [6.07, 6.45) is 6.80. The van der Waals surface area contributed by atoms with Gasteiger partial charge in [0.25, 0.3) is 0 Å². The molecule has 2 aromatic rings. The van der Waals surface area contributed by atoms with Crippen LogP contribution in [0.15, 0.2) is 36.9 Å². The minimum atomic E-state index is 0.0436. The Morgan fingerprint density at radius 1 is 1.28 bits per heavy atom. The molecule has 0 aliphatic heterocycles. The summed E-state index contributed by atoms with van der Waals surface area (Å²) >= 11 is 0. The molecule has 1 atom stereocenters. The van der Waals surface area contributed by atoms with Crippen molar-refractivity contribution < 1.29 is 4.74 Å². The van der Waals surface area contributed by atoms with Crippen LogP contribution in [-0.4, -0.2) is 21.6 Å². The maximum absolute atomic E-state index is 5.46. The summed E-state index contributed by atoms with van der Waals surface area (Å²) in [5, 5.41) is 3.32. The molecule has 2 aromatic heterocycles. The zero-order valence-electron chi connectivity index (χ0n) is 10.5. The monoisotopic (exact) mass is 244 g/mol. The molecular weight excluding hydrogens is 228 g/mol. The lowest BCUT2D eigenvalue weighted by molar-refractivity contribution is 0.328. The van der Waals surface area contributed by atoms with E-state index in [2.05, 4.69) is 20.3 Å². The maximum atomic E-state index is 5.46. The number of pyridine rings is 1. The van der Waals surface area contributed by atoms with Gasteiger partial charge in [0, 0.05) is 18.6 Å². The highest BCUT2D eigenvalue weighted by molar-refractivity contribution is 5.53. The Bertz CT molecular complexity index is 489. The number of rotatable bonds is 5. The Balaban J connectivity index is 2.14. The van der Waals surface area contributed by atoms with Gasteiger partial charge in [0.2, 0.25) is 5.88 Å². The van der Waals surface area contributed by atoms with Gasteiger partial charge in [-0.1, -0.05) is 0 Å². The van der Waals surface area contributed by atoms with Gasteiger partial charge < -0.3 is 10.1 Å². The van der Waals surface area contributed by atoms with Crippen LogP contribution in [0.4, 0.5) is 5.69 Å². The van der Waals surface area contributed by atoms with Gasteiger partial charge in [-0.2, -0.15) is 0 Å². The predicted octanol–water partition coefficient (Wildman–Crippen LogP) is 2.44. The summed E-state index contributed by atoms with van der Waals surface area (Å²) in [5.41, 5.74) is 1.74. The molecule has 0 aromatic carbocycles. The van der Waals surface area contributed by atoms with Crippen molar-refractivity contribution in [3.05, 3.63) is 42.6 Å². The normalized spacial score (nSPS) is 11.9. The van der Waals surface area contributed by atoms with Gasteiger partial charge in [-0.25, -0.2) is 4.98 Å². The van der Waals surface area contributed by atoms with Crippen LogP contribution in [0.1, 0.15) is 25.6 Å². The Labute approximate surface area is 106 Å². The molecule has 0 fully saturated rings. The van der Waals surface area contributed by atoms with Crippen molar-refractivity contribution in [2.45, 2.75) is 19.9 Å². The molecule has 0 saturated heterocycles. The molecule has 0 radical (unpaired) electrons. The molecule has 0 spiro atoms. The molecule has 18 heavy (non-hydrogen) atoms. The molecule has 0 aliphatic carbocycles. The summed E-state index contributed by atoms with van der Waals surface area (Å²) in [4.78, 5) is 12.5. The first-order valence-electron chi connectivity index (χ1n) is 5.91. The fourth-order valence-electron chi connectivity index (χ4n) is 1.59. The molecule has 94 valence electrons. The highest BCUT2D eigenvalue weighted by Crippen LogP contribution is 2.24. The Hall–Kier alpha value is -2.17. The Morgan fingerprint density at radius 3 is 2.89 bits per heavy atom. The number of nitrogens with one attached hydrogen (secondary N) is 1. The summed E-state index contributed by atoms with van der Waals surface area (Å²) < 4.78 is 5.46. The molecule has 0 saturated carbocycles. The van der Waals surface area contributed by atoms with Crippen molar-refractivity contribution in [3.63, 3.8) is 0 Å². The van der Waals surface area contributed by atoms with Gasteiger partial charge >= 0.3 is 0 Å². The van der Waals surface area contributed by atoms with Gasteiger partial charge in [-0.05, 0) is 26.0 Å². The second kappa shape index (κ2) is 5.95. The molecule has 1 unspecified atom stereocenters. The van der Waals surface area contributed by atoms with E-state index in [-0.39, 0.29) is 6.04 Å². The lowest BCUT2D eigenvalue weighted by Gasteiger charge is -2.16. The van der Waals surface area contributed by atoms with Gasteiger partial charge in [-0.15, -0.1) is 0 Å². The first-order valence-corrected chi connectivity index (χ1v) is 5.91. The summed E-state index contributed by atoms with van der Waals surface area (Å²) in [5.74, 6) is 0.607. The van der Waals surface area contributed by atoms with Gasteiger partial charge in [0.05, 0.1) is 30.2 Å². The van der Waals surface area contributed by atoms with Crippen LogP contribution in [-0.2, 0) is 0 Å². The van der Waals surface area contributed by atoms with Crippen molar-refractivity contribution >= 4 is 5.69 Å². The summed E-state index contributed by atoms with van der Waals surface area (Å²) in [7, 11) is 0. The number of hydrogen-bond donors (Lipinski definition) is 1. The van der Waals surface area contributed by atoms with Gasteiger partial charge in [0.15, 0.2) is 0 Å². The van der Waals surface area contributed by atoms with Crippen LogP contribution < -0.4 is 10.1 Å². The van der Waals surface area contributed by atoms with E-state index in [0.29, 0.717) is 12.5 Å². The van der Waals surface area contributed by atoms with E-state index < -0.39 is 0 Å². The van der Waals surface area contributed by atoms with Crippen molar-refractivity contribution in [3.8, 4) is 5.88 Å². The third-order valence-electron chi connectivity index (χ3n) is 2.45. The molecular formula is C13H16N4O. The van der Waals surface area contributed by atoms with Gasteiger partial charge in [0.1, 0.15) is 0 Å². The zero-order chi connectivity index (χ0) is 12.8. The SMILES string of the molecule is CCOc1ncccc1NC(C)c1cnccn1. The Morgan fingerprint density at radius 2 is 2.17 bits per heavy atom. The molecule has 0 bridgehead atoms. The second-order valence-electron chi connectivity index (χ2n) is 3.79. The van der Waals surface area contributed by atoms with Crippen LogP contribution in [0.5, 0.6) is 5.88 Å². The third-order valence-corrected chi connectivity index (χ3v) is 2.45. The minimum absolute atomic E-state index is 0.0436. The van der Waals surface area contributed by atoms with E-state index in [4.69, 9.17) is 4.74 Å². The van der Waals surface area contributed by atoms with Crippen molar-refractivity contribution in [2.24, 2.45) is 0 Å². The number of anilines is 1. The van der Waals surface area contributed by atoms with E-state index in [0.717, 1.165) is 11.4 Å². The fraction of sp³-hybridized carbons (Fsp3) is 0.308. The van der Waals surface area contributed by atoms with Crippen molar-refractivity contribution in [1.82, 2.24) is 15.0 Å². The lowest BCUT2D eigenvalue weighted by Crippen LogP contribution is -2.10. The average Bonchev–Trinajstić information content (AvgIpc) is 2.42. The topological polar surface area (TPSA) is 59.9 Å². The fourth-order valence-corrected chi connectivity index (χ4v) is 1.59. The molecule has 1 N–H and O–H groups in total. The van der Waals surface area contributed by atoms with Crippen LogP contribution in [0, 0.1) is 0 Å². The standard InChI is InChI=1S/C13H16N4O/c1-3-18-13-11(5-4-6-16-13)17-10(2)12-9-14-7-8-15-12/h4-10,17H,3H2,1-2H3. The number of nitrogens with zero attached hydrogens (tertiary/aromatic N) is 3. The van der Waals surface area contributed by atoms with Crippen molar-refractivity contribution in [1.29, 1.82) is 0 Å². The lowest BCUT2D eigenvalue weighted by atomic mass is 10.2. The average molecular weight is 244 g/mol. The van der Waals surface area contributed by atoms with Crippen LogP contribution in [0.25, 0.3) is 0 Å². The smallest absolute Gasteiger partial charge is 0.237 e. The number of ether oxygens (including phenoxy) is 1. The molecule has 5 nitrogen and oxygen atoms in total. The third kappa shape index (κ3) is 2.94.